The predicted octanol–water partition coefficient (Wildman–Crippen LogP) is 2.62. The lowest BCUT2D eigenvalue weighted by Crippen LogP contribution is -2.48. The molecule has 21 heavy (non-hydrogen) atoms. The van der Waals surface area contributed by atoms with E-state index in [1.54, 1.807) is 6.26 Å². The zero-order chi connectivity index (χ0) is 15.0. The van der Waals surface area contributed by atoms with E-state index in [-0.39, 0.29) is 12.3 Å². The maximum absolute atomic E-state index is 12.0. The molecule has 0 radical (unpaired) electrons. The SMILES string of the molecule is Cc1ccc2c(CC(=O)NCC3(O)CCC3)coc2c1C. The number of rotatable bonds is 4. The molecule has 1 aliphatic rings. The molecule has 0 aliphatic heterocycles. The molecule has 1 aromatic carbocycles. The summed E-state index contributed by atoms with van der Waals surface area (Å²) in [6.07, 6.45) is 4.54. The Morgan fingerprint density at radius 1 is 1.38 bits per heavy atom. The molecule has 2 N–H and O–H groups in total. The van der Waals surface area contributed by atoms with Crippen LogP contribution in [0.2, 0.25) is 0 Å². The number of carbonyl (C=O) groups is 1. The Morgan fingerprint density at radius 3 is 2.81 bits per heavy atom. The molecule has 0 bridgehead atoms. The van der Waals surface area contributed by atoms with Gasteiger partial charge < -0.3 is 14.8 Å². The summed E-state index contributed by atoms with van der Waals surface area (Å²) in [7, 11) is 0. The molecule has 1 saturated carbocycles. The van der Waals surface area contributed by atoms with Gasteiger partial charge in [0, 0.05) is 17.5 Å². The van der Waals surface area contributed by atoms with Gasteiger partial charge in [0.15, 0.2) is 0 Å². The number of nitrogens with one attached hydrogen (secondary N) is 1. The molecular weight excluding hydrogens is 266 g/mol. The predicted molar refractivity (Wildman–Crippen MR) is 81.2 cm³/mol. The Morgan fingerprint density at radius 2 is 2.14 bits per heavy atom. The van der Waals surface area contributed by atoms with Crippen LogP contribution in [0.4, 0.5) is 0 Å². The van der Waals surface area contributed by atoms with Gasteiger partial charge >= 0.3 is 0 Å². The number of fused-ring (bicyclic) bond motifs is 1. The molecule has 4 heteroatoms. The summed E-state index contributed by atoms with van der Waals surface area (Å²) in [5, 5.41) is 13.8. The Hall–Kier alpha value is -1.81. The van der Waals surface area contributed by atoms with Crippen molar-refractivity contribution >= 4 is 16.9 Å². The van der Waals surface area contributed by atoms with Gasteiger partial charge in [0.25, 0.3) is 0 Å². The summed E-state index contributed by atoms with van der Waals surface area (Å²) in [5.74, 6) is -0.0729. The van der Waals surface area contributed by atoms with Gasteiger partial charge in [-0.05, 0) is 44.2 Å². The van der Waals surface area contributed by atoms with E-state index in [0.717, 1.165) is 41.4 Å². The van der Waals surface area contributed by atoms with Gasteiger partial charge in [-0.3, -0.25) is 4.79 Å². The zero-order valence-corrected chi connectivity index (χ0v) is 12.5. The molecule has 0 spiro atoms. The second-order valence-electron chi connectivity index (χ2n) is 6.18. The largest absolute Gasteiger partial charge is 0.464 e. The van der Waals surface area contributed by atoms with Crippen LogP contribution in [0.1, 0.15) is 36.0 Å². The fraction of sp³-hybridized carbons (Fsp3) is 0.471. The number of hydrogen-bond donors (Lipinski definition) is 2. The first-order valence-corrected chi connectivity index (χ1v) is 7.44. The minimum Gasteiger partial charge on any atom is -0.464 e. The van der Waals surface area contributed by atoms with E-state index in [0.29, 0.717) is 6.54 Å². The maximum Gasteiger partial charge on any atom is 0.224 e. The molecule has 1 amide bonds. The third kappa shape index (κ3) is 2.68. The molecule has 112 valence electrons. The molecule has 1 aromatic heterocycles. The van der Waals surface area contributed by atoms with Crippen molar-refractivity contribution in [3.63, 3.8) is 0 Å². The van der Waals surface area contributed by atoms with E-state index in [1.165, 1.54) is 5.56 Å². The first kappa shape index (κ1) is 14.1. The lowest BCUT2D eigenvalue weighted by atomic mass is 9.80. The average molecular weight is 287 g/mol. The monoisotopic (exact) mass is 287 g/mol. The summed E-state index contributed by atoms with van der Waals surface area (Å²) in [4.78, 5) is 12.0. The molecular formula is C17H21NO3. The molecule has 1 heterocycles. The number of benzene rings is 1. The average Bonchev–Trinajstić information content (AvgIpc) is 2.82. The minimum atomic E-state index is -0.679. The smallest absolute Gasteiger partial charge is 0.224 e. The Labute approximate surface area is 124 Å². The van der Waals surface area contributed by atoms with E-state index >= 15 is 0 Å². The van der Waals surface area contributed by atoms with Crippen molar-refractivity contribution < 1.29 is 14.3 Å². The lowest BCUT2D eigenvalue weighted by Gasteiger charge is -2.36. The standard InChI is InChI=1S/C17H21NO3/c1-11-4-5-14-13(9-21-16(14)12(11)2)8-15(19)18-10-17(20)6-3-7-17/h4-5,9,20H,3,6-8,10H2,1-2H3,(H,18,19). The minimum absolute atomic E-state index is 0.0729. The molecule has 0 atom stereocenters. The number of amides is 1. The van der Waals surface area contributed by atoms with Crippen molar-refractivity contribution in [2.24, 2.45) is 0 Å². The third-order valence-corrected chi connectivity index (χ3v) is 4.59. The highest BCUT2D eigenvalue weighted by Gasteiger charge is 2.34. The number of furan rings is 1. The molecule has 0 unspecified atom stereocenters. The Balaban J connectivity index is 1.70. The van der Waals surface area contributed by atoms with Crippen LogP contribution in [0.15, 0.2) is 22.8 Å². The van der Waals surface area contributed by atoms with Gasteiger partial charge in [0.1, 0.15) is 5.58 Å². The van der Waals surface area contributed by atoms with Crippen LogP contribution in [0.25, 0.3) is 11.0 Å². The summed E-state index contributed by atoms with van der Waals surface area (Å²) < 4.78 is 5.61. The highest BCUT2D eigenvalue weighted by molar-refractivity contribution is 5.89. The summed E-state index contributed by atoms with van der Waals surface area (Å²) >= 11 is 0. The van der Waals surface area contributed by atoms with E-state index in [1.807, 2.05) is 26.0 Å². The first-order valence-electron chi connectivity index (χ1n) is 7.44. The van der Waals surface area contributed by atoms with Gasteiger partial charge in [-0.25, -0.2) is 0 Å². The topological polar surface area (TPSA) is 62.5 Å². The highest BCUT2D eigenvalue weighted by Crippen LogP contribution is 2.31. The number of carbonyl (C=O) groups excluding carboxylic acids is 1. The molecule has 1 fully saturated rings. The van der Waals surface area contributed by atoms with Gasteiger partial charge in [-0.1, -0.05) is 12.1 Å². The Kier molecular flexibility index (Phi) is 3.49. The second-order valence-corrected chi connectivity index (χ2v) is 6.18. The van der Waals surface area contributed by atoms with Crippen molar-refractivity contribution in [3.05, 3.63) is 35.1 Å². The van der Waals surface area contributed by atoms with Crippen LogP contribution < -0.4 is 5.32 Å². The quantitative estimate of drug-likeness (QED) is 0.908. The van der Waals surface area contributed by atoms with Gasteiger partial charge in [-0.2, -0.15) is 0 Å². The fourth-order valence-electron chi connectivity index (χ4n) is 2.79. The van der Waals surface area contributed by atoms with Crippen molar-refractivity contribution in [3.8, 4) is 0 Å². The molecule has 2 aromatic rings. The summed E-state index contributed by atoms with van der Waals surface area (Å²) in [6, 6.07) is 4.05. The van der Waals surface area contributed by atoms with E-state index in [2.05, 4.69) is 5.32 Å². The first-order chi connectivity index (χ1) is 9.98. The van der Waals surface area contributed by atoms with Gasteiger partial charge in [0.05, 0.1) is 18.3 Å². The van der Waals surface area contributed by atoms with E-state index < -0.39 is 5.60 Å². The highest BCUT2D eigenvalue weighted by atomic mass is 16.3. The summed E-state index contributed by atoms with van der Waals surface area (Å²) in [6.45, 7) is 4.42. The zero-order valence-electron chi connectivity index (χ0n) is 12.5. The second kappa shape index (κ2) is 5.19. The lowest BCUT2D eigenvalue weighted by molar-refractivity contribution is -0.122. The maximum atomic E-state index is 12.0. The molecule has 4 nitrogen and oxygen atoms in total. The third-order valence-electron chi connectivity index (χ3n) is 4.59. The van der Waals surface area contributed by atoms with Crippen LogP contribution in [0, 0.1) is 13.8 Å². The van der Waals surface area contributed by atoms with Gasteiger partial charge in [0.2, 0.25) is 5.91 Å². The number of aliphatic hydroxyl groups is 1. The molecule has 3 rings (SSSR count). The van der Waals surface area contributed by atoms with Crippen LogP contribution in [0.5, 0.6) is 0 Å². The van der Waals surface area contributed by atoms with Crippen LogP contribution >= 0.6 is 0 Å². The molecule has 1 aliphatic carbocycles. The van der Waals surface area contributed by atoms with Crippen molar-refractivity contribution in [1.82, 2.24) is 5.32 Å². The van der Waals surface area contributed by atoms with Crippen molar-refractivity contribution in [2.75, 3.05) is 6.54 Å². The van der Waals surface area contributed by atoms with E-state index in [4.69, 9.17) is 4.42 Å². The van der Waals surface area contributed by atoms with Crippen LogP contribution in [-0.4, -0.2) is 23.2 Å². The van der Waals surface area contributed by atoms with Crippen LogP contribution in [0.3, 0.4) is 0 Å². The summed E-state index contributed by atoms with van der Waals surface area (Å²) in [5.41, 5.74) is 3.37. The van der Waals surface area contributed by atoms with E-state index in [9.17, 15) is 9.90 Å². The fourth-order valence-corrected chi connectivity index (χ4v) is 2.79. The number of hydrogen-bond acceptors (Lipinski definition) is 3. The van der Waals surface area contributed by atoms with Crippen molar-refractivity contribution in [2.45, 2.75) is 45.1 Å². The Bertz CT molecular complexity index is 683. The van der Waals surface area contributed by atoms with Crippen molar-refractivity contribution in [1.29, 1.82) is 0 Å². The number of aryl methyl sites for hydroxylation is 2. The molecule has 0 saturated heterocycles. The van der Waals surface area contributed by atoms with Gasteiger partial charge in [-0.15, -0.1) is 0 Å². The van der Waals surface area contributed by atoms with Crippen LogP contribution in [-0.2, 0) is 11.2 Å². The normalized spacial score (nSPS) is 16.7.